The van der Waals surface area contributed by atoms with Crippen LogP contribution in [0.4, 0.5) is 13.6 Å². The Morgan fingerprint density at radius 1 is 1.42 bits per heavy atom. The number of ether oxygens (including phenoxy) is 1. The number of alkyl halides is 2. The predicted octanol–water partition coefficient (Wildman–Crippen LogP) is 1.27. The Kier molecular flexibility index (Phi) is 1.22. The molecule has 2 bridgehead atoms. The molecule has 3 fully saturated rings. The highest BCUT2D eigenvalue weighted by atomic mass is 19.3. The van der Waals surface area contributed by atoms with E-state index in [1.807, 2.05) is 0 Å². The number of carbonyl (C=O) groups is 1. The van der Waals surface area contributed by atoms with E-state index in [-0.39, 0.29) is 19.3 Å². The topological polar surface area (TPSA) is 52.3 Å². The van der Waals surface area contributed by atoms with Crippen LogP contribution >= 0.6 is 0 Å². The summed E-state index contributed by atoms with van der Waals surface area (Å²) in [6, 6.07) is 0. The van der Waals surface area contributed by atoms with Crippen molar-refractivity contribution in [1.29, 1.82) is 0 Å². The Labute approximate surface area is 67.9 Å². The van der Waals surface area contributed by atoms with Gasteiger partial charge in [0.1, 0.15) is 5.60 Å². The highest BCUT2D eigenvalue weighted by molar-refractivity contribution is 5.66. The fourth-order valence-electron chi connectivity index (χ4n) is 2.32. The summed E-state index contributed by atoms with van der Waals surface area (Å²) < 4.78 is 29.2. The van der Waals surface area contributed by atoms with Gasteiger partial charge >= 0.3 is 6.09 Å². The zero-order chi connectivity index (χ0) is 8.98. The molecule has 1 amide bonds. The van der Waals surface area contributed by atoms with Gasteiger partial charge in [0.25, 0.3) is 0 Å². The molecule has 0 heterocycles. The smallest absolute Gasteiger partial charge is 0.405 e. The van der Waals surface area contributed by atoms with Crippen LogP contribution in [0.1, 0.15) is 19.3 Å². The van der Waals surface area contributed by atoms with Gasteiger partial charge in [0, 0.05) is 5.41 Å². The fourth-order valence-corrected chi connectivity index (χ4v) is 2.32. The molecule has 5 heteroatoms. The second kappa shape index (κ2) is 1.89. The lowest BCUT2D eigenvalue weighted by molar-refractivity contribution is -0.300. The van der Waals surface area contributed by atoms with E-state index in [9.17, 15) is 13.6 Å². The summed E-state index contributed by atoms with van der Waals surface area (Å²) in [4.78, 5) is 10.3. The largest absolute Gasteiger partial charge is 0.443 e. The molecule has 0 aromatic heterocycles. The van der Waals surface area contributed by atoms with Crippen LogP contribution in [0, 0.1) is 5.41 Å². The number of amides is 1. The Morgan fingerprint density at radius 2 is 1.92 bits per heavy atom. The van der Waals surface area contributed by atoms with Crippen LogP contribution in [0.15, 0.2) is 0 Å². The van der Waals surface area contributed by atoms with E-state index in [4.69, 9.17) is 10.5 Å². The third-order valence-corrected chi connectivity index (χ3v) is 2.80. The first-order chi connectivity index (χ1) is 5.48. The minimum Gasteiger partial charge on any atom is -0.443 e. The molecule has 12 heavy (non-hydrogen) atoms. The lowest BCUT2D eigenvalue weighted by atomic mass is 9.41. The van der Waals surface area contributed by atoms with Crippen LogP contribution in [0.3, 0.4) is 0 Å². The average molecular weight is 177 g/mol. The second-order valence-electron chi connectivity index (χ2n) is 3.80. The zero-order valence-electron chi connectivity index (χ0n) is 6.35. The molecule has 3 saturated carbocycles. The molecule has 0 saturated heterocycles. The van der Waals surface area contributed by atoms with Crippen LogP contribution in [-0.2, 0) is 4.74 Å². The van der Waals surface area contributed by atoms with Gasteiger partial charge < -0.3 is 10.5 Å². The minimum atomic E-state index is -2.30. The molecule has 3 nitrogen and oxygen atoms in total. The minimum absolute atomic E-state index is 0.278. The molecule has 0 radical (unpaired) electrons. The van der Waals surface area contributed by atoms with Crippen LogP contribution in [-0.4, -0.2) is 18.1 Å². The van der Waals surface area contributed by atoms with Crippen molar-refractivity contribution in [3.05, 3.63) is 0 Å². The quantitative estimate of drug-likeness (QED) is 0.690. The number of hydrogen-bond acceptors (Lipinski definition) is 2. The highest BCUT2D eigenvalue weighted by Gasteiger charge is 2.74. The summed E-state index contributed by atoms with van der Waals surface area (Å²) in [5.41, 5.74) is 3.31. The number of halogens is 2. The zero-order valence-corrected chi connectivity index (χ0v) is 6.35. The van der Waals surface area contributed by atoms with E-state index >= 15 is 0 Å². The molecular weight excluding hydrogens is 168 g/mol. The molecule has 0 aliphatic heterocycles. The standard InChI is InChI=1S/C7H9F2NO2/c8-4(9)6-1-7(2-6,3-6)12-5(10)11/h4H,1-3H2,(H2,10,11). The summed E-state index contributed by atoms with van der Waals surface area (Å²) >= 11 is 0. The van der Waals surface area contributed by atoms with Gasteiger partial charge in [-0.15, -0.1) is 0 Å². The molecule has 3 rings (SSSR count). The van der Waals surface area contributed by atoms with E-state index in [1.54, 1.807) is 0 Å². The van der Waals surface area contributed by atoms with Crippen LogP contribution in [0.5, 0.6) is 0 Å². The molecule has 3 aliphatic rings. The number of rotatable bonds is 2. The third kappa shape index (κ3) is 0.763. The van der Waals surface area contributed by atoms with Crippen LogP contribution < -0.4 is 5.73 Å². The molecular formula is C7H9F2NO2. The van der Waals surface area contributed by atoms with Gasteiger partial charge in [-0.2, -0.15) is 0 Å². The Balaban J connectivity index is 1.91. The van der Waals surface area contributed by atoms with Gasteiger partial charge in [0.05, 0.1) is 0 Å². The van der Waals surface area contributed by atoms with Gasteiger partial charge in [-0.1, -0.05) is 0 Å². The molecule has 0 spiro atoms. The third-order valence-electron chi connectivity index (χ3n) is 2.80. The van der Waals surface area contributed by atoms with Gasteiger partial charge in [0.2, 0.25) is 6.43 Å². The van der Waals surface area contributed by atoms with Crippen LogP contribution in [0.2, 0.25) is 0 Å². The lowest BCUT2D eigenvalue weighted by Gasteiger charge is -2.67. The molecule has 0 atom stereocenters. The van der Waals surface area contributed by atoms with Crippen molar-refractivity contribution in [2.45, 2.75) is 31.3 Å². The van der Waals surface area contributed by atoms with E-state index in [0.717, 1.165) is 0 Å². The number of carbonyl (C=O) groups excluding carboxylic acids is 1. The predicted molar refractivity (Wildman–Crippen MR) is 35.7 cm³/mol. The molecule has 0 aromatic rings. The van der Waals surface area contributed by atoms with E-state index < -0.39 is 23.5 Å². The van der Waals surface area contributed by atoms with Crippen LogP contribution in [0.25, 0.3) is 0 Å². The van der Waals surface area contributed by atoms with Crippen molar-refractivity contribution in [2.75, 3.05) is 0 Å². The number of hydrogen-bond donors (Lipinski definition) is 1. The van der Waals surface area contributed by atoms with Crippen molar-refractivity contribution in [3.8, 4) is 0 Å². The van der Waals surface area contributed by atoms with Gasteiger partial charge in [-0.3, -0.25) is 0 Å². The highest BCUT2D eigenvalue weighted by Crippen LogP contribution is 2.71. The maximum absolute atomic E-state index is 12.2. The van der Waals surface area contributed by atoms with Gasteiger partial charge in [-0.05, 0) is 19.3 Å². The number of nitrogens with two attached hydrogens (primary N) is 1. The average Bonchev–Trinajstić information content (AvgIpc) is 1.72. The van der Waals surface area contributed by atoms with E-state index in [0.29, 0.717) is 0 Å². The Bertz CT molecular complexity index is 222. The first-order valence-electron chi connectivity index (χ1n) is 3.75. The van der Waals surface area contributed by atoms with E-state index in [1.165, 1.54) is 0 Å². The summed E-state index contributed by atoms with van der Waals surface area (Å²) in [5.74, 6) is 0. The molecule has 2 N–H and O–H groups in total. The summed E-state index contributed by atoms with van der Waals surface area (Å²) in [6.45, 7) is 0. The second-order valence-corrected chi connectivity index (χ2v) is 3.80. The molecule has 0 unspecified atom stereocenters. The molecule has 3 aliphatic carbocycles. The maximum atomic E-state index is 12.2. The monoisotopic (exact) mass is 177 g/mol. The summed E-state index contributed by atoms with van der Waals surface area (Å²) in [7, 11) is 0. The lowest BCUT2D eigenvalue weighted by Crippen LogP contribution is -2.71. The van der Waals surface area contributed by atoms with Crippen molar-refractivity contribution >= 4 is 6.09 Å². The van der Waals surface area contributed by atoms with Gasteiger partial charge in [0.15, 0.2) is 0 Å². The maximum Gasteiger partial charge on any atom is 0.405 e. The normalized spacial score (nSPS) is 43.2. The first kappa shape index (κ1) is 7.76. The molecule has 68 valence electrons. The van der Waals surface area contributed by atoms with Gasteiger partial charge in [-0.25, -0.2) is 13.6 Å². The van der Waals surface area contributed by atoms with Crippen molar-refractivity contribution in [1.82, 2.24) is 0 Å². The van der Waals surface area contributed by atoms with Crippen molar-refractivity contribution in [3.63, 3.8) is 0 Å². The Hall–Kier alpha value is -0.870. The summed E-state index contributed by atoms with van der Waals surface area (Å²) in [6.07, 6.45) is -2.32. The van der Waals surface area contributed by atoms with Crippen molar-refractivity contribution in [2.24, 2.45) is 11.1 Å². The Morgan fingerprint density at radius 3 is 2.25 bits per heavy atom. The SMILES string of the molecule is NC(=O)OC12CC(C(F)F)(C1)C2. The summed E-state index contributed by atoms with van der Waals surface area (Å²) in [5, 5.41) is 0. The fraction of sp³-hybridized carbons (Fsp3) is 0.857. The molecule has 0 aromatic carbocycles. The number of primary amides is 1. The van der Waals surface area contributed by atoms with E-state index in [2.05, 4.69) is 0 Å². The van der Waals surface area contributed by atoms with Crippen molar-refractivity contribution < 1.29 is 18.3 Å². The first-order valence-corrected chi connectivity index (χ1v) is 3.75.